The first-order chi connectivity index (χ1) is 10.4. The lowest BCUT2D eigenvalue weighted by Crippen LogP contribution is -2.46. The van der Waals surface area contributed by atoms with Crippen LogP contribution in [0.3, 0.4) is 0 Å². The number of aryl methyl sites for hydroxylation is 1. The second kappa shape index (κ2) is 7.38. The largest absolute Gasteiger partial charge is 0.317 e. The molecule has 4 nitrogen and oxygen atoms in total. The number of nitrogens with zero attached hydrogens (tertiary/aromatic N) is 1. The Hall–Kier alpha value is -0.500. The van der Waals surface area contributed by atoms with E-state index in [1.54, 1.807) is 11.2 Å². The number of hydrogen-bond acceptors (Lipinski definition) is 3. The number of rotatable bonds is 5. The lowest BCUT2D eigenvalue weighted by molar-refractivity contribution is 0.262. The highest BCUT2D eigenvalue weighted by atomic mass is 79.9. The van der Waals surface area contributed by atoms with E-state index in [-0.39, 0.29) is 15.4 Å². The average Bonchev–Trinajstić information content (AvgIpc) is 2.49. The molecule has 1 fully saturated rings. The summed E-state index contributed by atoms with van der Waals surface area (Å²) in [7, 11) is -3.62. The number of halogens is 2. The van der Waals surface area contributed by atoms with Crippen molar-refractivity contribution >= 4 is 26.0 Å². The second-order valence-electron chi connectivity index (χ2n) is 5.63. The molecule has 124 valence electrons. The zero-order chi connectivity index (χ0) is 16.3. The minimum atomic E-state index is -3.62. The van der Waals surface area contributed by atoms with E-state index in [4.69, 9.17) is 0 Å². The van der Waals surface area contributed by atoms with Crippen molar-refractivity contribution < 1.29 is 12.8 Å². The maximum atomic E-state index is 13.6. The molecule has 0 aliphatic carbocycles. The molecule has 1 heterocycles. The van der Waals surface area contributed by atoms with Crippen LogP contribution in [0.1, 0.15) is 31.7 Å². The summed E-state index contributed by atoms with van der Waals surface area (Å²) < 4.78 is 41.5. The third kappa shape index (κ3) is 3.69. The zero-order valence-corrected chi connectivity index (χ0v) is 15.3. The maximum absolute atomic E-state index is 13.6. The molecule has 1 aromatic rings. The molecule has 0 spiro atoms. The van der Waals surface area contributed by atoms with Crippen molar-refractivity contribution in [2.75, 3.05) is 19.6 Å². The van der Waals surface area contributed by atoms with Crippen LogP contribution >= 0.6 is 15.9 Å². The van der Waals surface area contributed by atoms with Crippen LogP contribution in [0.5, 0.6) is 0 Å². The van der Waals surface area contributed by atoms with Crippen molar-refractivity contribution in [3.05, 3.63) is 28.0 Å². The highest BCUT2D eigenvalue weighted by Crippen LogP contribution is 2.29. The van der Waals surface area contributed by atoms with E-state index in [2.05, 4.69) is 21.2 Å². The number of piperidine rings is 1. The highest BCUT2D eigenvalue weighted by molar-refractivity contribution is 9.10. The first kappa shape index (κ1) is 17.8. The van der Waals surface area contributed by atoms with E-state index in [1.807, 2.05) is 6.92 Å². The van der Waals surface area contributed by atoms with Crippen LogP contribution < -0.4 is 5.32 Å². The molecule has 0 radical (unpaired) electrons. The molecule has 0 atom stereocenters. The smallest absolute Gasteiger partial charge is 0.243 e. The molecular formula is C15H22BrFN2O2S. The Kier molecular flexibility index (Phi) is 5.99. The van der Waals surface area contributed by atoms with Crippen LogP contribution in [0, 0.1) is 12.7 Å². The van der Waals surface area contributed by atoms with Gasteiger partial charge in [-0.05, 0) is 72.9 Å². The number of nitrogens with one attached hydrogen (secondary N) is 1. The summed E-state index contributed by atoms with van der Waals surface area (Å²) in [4.78, 5) is 0.188. The van der Waals surface area contributed by atoms with E-state index in [1.165, 1.54) is 12.1 Å². The molecule has 0 saturated carbocycles. The molecule has 0 aromatic heterocycles. The molecule has 0 bridgehead atoms. The molecule has 2 rings (SSSR count). The Morgan fingerprint density at radius 2 is 2.00 bits per heavy atom. The molecule has 1 saturated heterocycles. The van der Waals surface area contributed by atoms with E-state index >= 15 is 0 Å². The van der Waals surface area contributed by atoms with Gasteiger partial charge in [0.1, 0.15) is 5.82 Å². The van der Waals surface area contributed by atoms with Crippen molar-refractivity contribution in [2.24, 2.45) is 0 Å². The minimum Gasteiger partial charge on any atom is -0.317 e. The van der Waals surface area contributed by atoms with Crippen LogP contribution in [0.2, 0.25) is 0 Å². The summed E-state index contributed by atoms with van der Waals surface area (Å²) in [6.07, 6.45) is 2.37. The first-order valence-corrected chi connectivity index (χ1v) is 9.79. The fourth-order valence-corrected chi connectivity index (χ4v) is 5.35. The lowest BCUT2D eigenvalue weighted by atomic mass is 10.1. The van der Waals surface area contributed by atoms with Crippen molar-refractivity contribution in [1.82, 2.24) is 9.62 Å². The van der Waals surface area contributed by atoms with Gasteiger partial charge >= 0.3 is 0 Å². The molecule has 1 N–H and O–H groups in total. The lowest BCUT2D eigenvalue weighted by Gasteiger charge is -2.34. The van der Waals surface area contributed by atoms with Crippen molar-refractivity contribution in [3.63, 3.8) is 0 Å². The summed E-state index contributed by atoms with van der Waals surface area (Å²) in [5.74, 6) is -0.444. The fraction of sp³-hybridized carbons (Fsp3) is 0.600. The van der Waals surface area contributed by atoms with Gasteiger partial charge in [0.25, 0.3) is 0 Å². The Bertz CT molecular complexity index is 631. The number of sulfonamides is 1. The number of benzene rings is 1. The predicted molar refractivity (Wildman–Crippen MR) is 88.9 cm³/mol. The molecule has 0 unspecified atom stereocenters. The van der Waals surface area contributed by atoms with Gasteiger partial charge < -0.3 is 5.32 Å². The van der Waals surface area contributed by atoms with Crippen LogP contribution in [-0.4, -0.2) is 38.4 Å². The average molecular weight is 393 g/mol. The second-order valence-corrected chi connectivity index (χ2v) is 8.34. The van der Waals surface area contributed by atoms with Crippen LogP contribution in [0.25, 0.3) is 0 Å². The Balaban J connectivity index is 2.42. The maximum Gasteiger partial charge on any atom is 0.243 e. The quantitative estimate of drug-likeness (QED) is 0.837. The van der Waals surface area contributed by atoms with Gasteiger partial charge in [-0.1, -0.05) is 6.92 Å². The topological polar surface area (TPSA) is 49.4 Å². The Labute approximate surface area is 140 Å². The number of hydrogen-bond donors (Lipinski definition) is 1. The monoisotopic (exact) mass is 392 g/mol. The van der Waals surface area contributed by atoms with Gasteiger partial charge in [0, 0.05) is 12.6 Å². The van der Waals surface area contributed by atoms with Gasteiger partial charge in [-0.2, -0.15) is 4.31 Å². The third-order valence-corrected chi connectivity index (χ3v) is 6.67. The van der Waals surface area contributed by atoms with Gasteiger partial charge in [-0.25, -0.2) is 12.8 Å². The Morgan fingerprint density at radius 1 is 1.36 bits per heavy atom. The van der Waals surface area contributed by atoms with Crippen LogP contribution in [0.15, 0.2) is 21.5 Å². The van der Waals surface area contributed by atoms with E-state index in [9.17, 15) is 12.8 Å². The zero-order valence-electron chi connectivity index (χ0n) is 12.9. The molecular weight excluding hydrogens is 371 g/mol. The summed E-state index contributed by atoms with van der Waals surface area (Å²) in [5.41, 5.74) is 0.440. The molecule has 0 amide bonds. The van der Waals surface area contributed by atoms with Gasteiger partial charge in [0.05, 0.1) is 9.37 Å². The molecule has 7 heteroatoms. The van der Waals surface area contributed by atoms with Gasteiger partial charge in [-0.15, -0.1) is 0 Å². The predicted octanol–water partition coefficient (Wildman–Crippen LogP) is 3.05. The third-order valence-electron chi connectivity index (χ3n) is 3.96. The molecule has 1 aliphatic rings. The summed E-state index contributed by atoms with van der Waals surface area (Å²) in [6.45, 7) is 5.74. The summed E-state index contributed by atoms with van der Waals surface area (Å²) in [6, 6.07) is 2.65. The summed E-state index contributed by atoms with van der Waals surface area (Å²) >= 11 is 3.09. The van der Waals surface area contributed by atoms with E-state index < -0.39 is 15.8 Å². The standard InChI is InChI=1S/C15H22BrFN2O2S/c1-3-8-19(12-4-6-18-7-5-12)22(20,21)15-10-13(16)14(17)9-11(15)2/h9-10,12,18H,3-8H2,1-2H3. The SMILES string of the molecule is CCCN(C1CCNCC1)S(=O)(=O)c1cc(Br)c(F)cc1C. The minimum absolute atomic E-state index is 0.00873. The van der Waals surface area contributed by atoms with Crippen LogP contribution in [0.4, 0.5) is 4.39 Å². The highest BCUT2D eigenvalue weighted by Gasteiger charge is 2.33. The first-order valence-electron chi connectivity index (χ1n) is 7.56. The molecule has 1 aliphatic heterocycles. The molecule has 1 aromatic carbocycles. The summed E-state index contributed by atoms with van der Waals surface area (Å²) in [5, 5.41) is 3.25. The normalized spacial score (nSPS) is 17.1. The molecule has 22 heavy (non-hydrogen) atoms. The van der Waals surface area contributed by atoms with Crippen molar-refractivity contribution in [2.45, 2.75) is 44.0 Å². The van der Waals surface area contributed by atoms with E-state index in [0.29, 0.717) is 12.1 Å². The fourth-order valence-electron chi connectivity index (χ4n) is 2.85. The van der Waals surface area contributed by atoms with Crippen molar-refractivity contribution in [1.29, 1.82) is 0 Å². The van der Waals surface area contributed by atoms with E-state index in [0.717, 1.165) is 32.4 Å². The van der Waals surface area contributed by atoms with Crippen molar-refractivity contribution in [3.8, 4) is 0 Å². The Morgan fingerprint density at radius 3 is 2.59 bits per heavy atom. The van der Waals surface area contributed by atoms with Crippen LogP contribution in [-0.2, 0) is 10.0 Å². The van der Waals surface area contributed by atoms with Gasteiger partial charge in [0.2, 0.25) is 10.0 Å². The van der Waals surface area contributed by atoms with Gasteiger partial charge in [-0.3, -0.25) is 0 Å². The van der Waals surface area contributed by atoms with Gasteiger partial charge in [0.15, 0.2) is 0 Å².